The molecular formula is C12H21NO. The van der Waals surface area contributed by atoms with E-state index in [9.17, 15) is 0 Å². The van der Waals surface area contributed by atoms with E-state index in [0.29, 0.717) is 11.5 Å². The summed E-state index contributed by atoms with van der Waals surface area (Å²) in [5.74, 6) is 1.60. The lowest BCUT2D eigenvalue weighted by molar-refractivity contribution is -0.224. The number of hydrogen-bond acceptors (Lipinski definition) is 2. The second kappa shape index (κ2) is 3.21. The molecule has 0 amide bonds. The highest BCUT2D eigenvalue weighted by Crippen LogP contribution is 2.63. The highest BCUT2D eigenvalue weighted by molar-refractivity contribution is 5.11. The maximum Gasteiger partial charge on any atom is 0.0666 e. The van der Waals surface area contributed by atoms with Gasteiger partial charge in [0.05, 0.1) is 6.10 Å². The Balaban J connectivity index is 1.82. The Kier molecular flexibility index (Phi) is 2.10. The third-order valence-corrected chi connectivity index (χ3v) is 4.98. The van der Waals surface area contributed by atoms with Crippen molar-refractivity contribution >= 4 is 0 Å². The van der Waals surface area contributed by atoms with Crippen LogP contribution in [0.25, 0.3) is 0 Å². The van der Waals surface area contributed by atoms with Gasteiger partial charge in [-0.3, -0.25) is 0 Å². The molecule has 3 fully saturated rings. The van der Waals surface area contributed by atoms with Crippen molar-refractivity contribution in [3.05, 3.63) is 0 Å². The quantitative estimate of drug-likeness (QED) is 0.694. The summed E-state index contributed by atoms with van der Waals surface area (Å²) in [6.07, 6.45) is 8.80. The standard InChI is InChI=1S/C12H21NO/c13-8-10-9-4-3-7-14-11(9)12(10)5-1-2-6-12/h9-11H,1-8,13H2. The maximum atomic E-state index is 5.99. The Bertz CT molecular complexity index is 214. The van der Waals surface area contributed by atoms with Crippen molar-refractivity contribution in [1.82, 2.24) is 0 Å². The summed E-state index contributed by atoms with van der Waals surface area (Å²) >= 11 is 0. The lowest BCUT2D eigenvalue weighted by Gasteiger charge is -2.61. The molecule has 2 N–H and O–H groups in total. The molecule has 80 valence electrons. The predicted molar refractivity (Wildman–Crippen MR) is 55.9 cm³/mol. The Hall–Kier alpha value is -0.0800. The van der Waals surface area contributed by atoms with Gasteiger partial charge < -0.3 is 10.5 Å². The molecule has 3 rings (SSSR count). The number of ether oxygens (including phenoxy) is 1. The summed E-state index contributed by atoms with van der Waals surface area (Å²) in [5.41, 5.74) is 6.47. The number of rotatable bonds is 1. The molecule has 0 aromatic heterocycles. The topological polar surface area (TPSA) is 35.2 Å². The van der Waals surface area contributed by atoms with Crippen LogP contribution in [-0.4, -0.2) is 19.3 Å². The summed E-state index contributed by atoms with van der Waals surface area (Å²) in [7, 11) is 0. The van der Waals surface area contributed by atoms with Gasteiger partial charge in [0.2, 0.25) is 0 Å². The molecule has 2 aliphatic carbocycles. The van der Waals surface area contributed by atoms with Crippen LogP contribution in [0.2, 0.25) is 0 Å². The fourth-order valence-corrected chi connectivity index (χ4v) is 4.43. The third kappa shape index (κ3) is 0.989. The largest absolute Gasteiger partial charge is 0.377 e. The molecule has 0 aromatic rings. The molecule has 0 bridgehead atoms. The highest BCUT2D eigenvalue weighted by Gasteiger charge is 2.62. The Morgan fingerprint density at radius 3 is 2.71 bits per heavy atom. The van der Waals surface area contributed by atoms with Crippen LogP contribution in [0.5, 0.6) is 0 Å². The zero-order valence-corrected chi connectivity index (χ0v) is 8.87. The van der Waals surface area contributed by atoms with Gasteiger partial charge in [0.15, 0.2) is 0 Å². The van der Waals surface area contributed by atoms with Crippen molar-refractivity contribution in [2.24, 2.45) is 23.0 Å². The van der Waals surface area contributed by atoms with Crippen molar-refractivity contribution in [3.63, 3.8) is 0 Å². The van der Waals surface area contributed by atoms with Gasteiger partial charge in [-0.25, -0.2) is 0 Å². The van der Waals surface area contributed by atoms with E-state index in [4.69, 9.17) is 10.5 Å². The van der Waals surface area contributed by atoms with E-state index in [1.807, 2.05) is 0 Å². The monoisotopic (exact) mass is 195 g/mol. The van der Waals surface area contributed by atoms with Gasteiger partial charge in [0, 0.05) is 12.0 Å². The molecule has 1 saturated heterocycles. The molecule has 3 unspecified atom stereocenters. The number of fused-ring (bicyclic) bond motifs is 2. The summed E-state index contributed by atoms with van der Waals surface area (Å²) in [6, 6.07) is 0. The van der Waals surface area contributed by atoms with Crippen LogP contribution in [0.15, 0.2) is 0 Å². The molecule has 14 heavy (non-hydrogen) atoms. The van der Waals surface area contributed by atoms with E-state index in [1.165, 1.54) is 38.5 Å². The van der Waals surface area contributed by atoms with Crippen molar-refractivity contribution < 1.29 is 4.74 Å². The van der Waals surface area contributed by atoms with Crippen molar-refractivity contribution in [3.8, 4) is 0 Å². The average Bonchev–Trinajstić information content (AvgIpc) is 2.69. The van der Waals surface area contributed by atoms with Gasteiger partial charge in [-0.2, -0.15) is 0 Å². The summed E-state index contributed by atoms with van der Waals surface area (Å²) in [6.45, 7) is 1.89. The first-order valence-electron chi connectivity index (χ1n) is 6.20. The molecule has 3 aliphatic rings. The minimum absolute atomic E-state index is 0.528. The first kappa shape index (κ1) is 9.17. The number of nitrogens with two attached hydrogens (primary N) is 1. The van der Waals surface area contributed by atoms with E-state index in [1.54, 1.807) is 0 Å². The van der Waals surface area contributed by atoms with E-state index >= 15 is 0 Å². The minimum atomic E-state index is 0.528. The van der Waals surface area contributed by atoms with Gasteiger partial charge in [0.25, 0.3) is 0 Å². The van der Waals surface area contributed by atoms with E-state index in [2.05, 4.69) is 0 Å². The molecule has 2 heteroatoms. The molecule has 2 saturated carbocycles. The van der Waals surface area contributed by atoms with Gasteiger partial charge in [0.1, 0.15) is 0 Å². The molecular weight excluding hydrogens is 174 g/mol. The smallest absolute Gasteiger partial charge is 0.0666 e. The van der Waals surface area contributed by atoms with Crippen molar-refractivity contribution in [1.29, 1.82) is 0 Å². The molecule has 2 nitrogen and oxygen atoms in total. The Morgan fingerprint density at radius 2 is 2.00 bits per heavy atom. The van der Waals surface area contributed by atoms with E-state index < -0.39 is 0 Å². The molecule has 3 atom stereocenters. The Labute approximate surface area is 86.2 Å². The maximum absolute atomic E-state index is 5.99. The second-order valence-electron chi connectivity index (χ2n) is 5.38. The zero-order chi connectivity index (χ0) is 9.60. The first-order valence-corrected chi connectivity index (χ1v) is 6.20. The predicted octanol–water partition coefficient (Wildman–Crippen LogP) is 1.93. The SMILES string of the molecule is NCC1C2CCCOC2C12CCCC2. The van der Waals surface area contributed by atoms with E-state index in [-0.39, 0.29) is 0 Å². The fraction of sp³-hybridized carbons (Fsp3) is 1.00. The average molecular weight is 195 g/mol. The molecule has 0 radical (unpaired) electrons. The van der Waals surface area contributed by atoms with Gasteiger partial charge in [-0.15, -0.1) is 0 Å². The van der Waals surface area contributed by atoms with Crippen LogP contribution in [-0.2, 0) is 4.74 Å². The third-order valence-electron chi connectivity index (χ3n) is 4.98. The van der Waals surface area contributed by atoms with Crippen LogP contribution in [0.4, 0.5) is 0 Å². The molecule has 1 heterocycles. The normalized spacial score (nSPS) is 44.8. The molecule has 0 aromatic carbocycles. The zero-order valence-electron chi connectivity index (χ0n) is 8.87. The van der Waals surface area contributed by atoms with Crippen molar-refractivity contribution in [2.75, 3.05) is 13.2 Å². The lowest BCUT2D eigenvalue weighted by Crippen LogP contribution is -2.64. The molecule has 1 spiro atoms. The number of hydrogen-bond donors (Lipinski definition) is 1. The summed E-state index contributed by atoms with van der Waals surface area (Å²) in [4.78, 5) is 0. The summed E-state index contributed by atoms with van der Waals surface area (Å²) in [5, 5.41) is 0. The van der Waals surface area contributed by atoms with Crippen molar-refractivity contribution in [2.45, 2.75) is 44.6 Å². The van der Waals surface area contributed by atoms with Gasteiger partial charge >= 0.3 is 0 Å². The Morgan fingerprint density at radius 1 is 1.21 bits per heavy atom. The van der Waals surface area contributed by atoms with Gasteiger partial charge in [-0.1, -0.05) is 12.8 Å². The highest BCUT2D eigenvalue weighted by atomic mass is 16.5. The molecule has 1 aliphatic heterocycles. The van der Waals surface area contributed by atoms with Crippen LogP contribution >= 0.6 is 0 Å². The summed E-state index contributed by atoms with van der Waals surface area (Å²) < 4.78 is 5.99. The van der Waals surface area contributed by atoms with E-state index in [0.717, 1.165) is 25.0 Å². The lowest BCUT2D eigenvalue weighted by atomic mass is 9.49. The van der Waals surface area contributed by atoms with Gasteiger partial charge in [-0.05, 0) is 44.1 Å². The van der Waals surface area contributed by atoms with Crippen LogP contribution < -0.4 is 5.73 Å². The fourth-order valence-electron chi connectivity index (χ4n) is 4.43. The second-order valence-corrected chi connectivity index (χ2v) is 5.38. The van der Waals surface area contributed by atoms with Crippen LogP contribution in [0.3, 0.4) is 0 Å². The van der Waals surface area contributed by atoms with Crippen LogP contribution in [0, 0.1) is 17.3 Å². The minimum Gasteiger partial charge on any atom is -0.377 e. The van der Waals surface area contributed by atoms with Crippen LogP contribution in [0.1, 0.15) is 38.5 Å². The first-order chi connectivity index (χ1) is 6.88.